The van der Waals surface area contributed by atoms with Crippen LogP contribution in [-0.2, 0) is 0 Å². The third-order valence-corrected chi connectivity index (χ3v) is 4.48. The first-order valence-corrected chi connectivity index (χ1v) is 7.77. The molecule has 0 N–H and O–H groups in total. The van der Waals surface area contributed by atoms with E-state index >= 15 is 0 Å². The lowest BCUT2D eigenvalue weighted by molar-refractivity contribution is 1.51. The zero-order valence-corrected chi connectivity index (χ0v) is 12.2. The van der Waals surface area contributed by atoms with Crippen molar-refractivity contribution in [3.63, 3.8) is 0 Å². The zero-order valence-electron chi connectivity index (χ0n) is 11.4. The van der Waals surface area contributed by atoms with Crippen molar-refractivity contribution >= 4 is 44.5 Å². The van der Waals surface area contributed by atoms with Crippen LogP contribution in [0, 0.1) is 0 Å². The molecule has 21 heavy (non-hydrogen) atoms. The van der Waals surface area contributed by atoms with Crippen LogP contribution in [0.25, 0.3) is 33.1 Å². The molecule has 0 aliphatic heterocycles. The van der Waals surface area contributed by atoms with Gasteiger partial charge in [-0.1, -0.05) is 60.7 Å². The quantitative estimate of drug-likeness (QED) is 0.436. The van der Waals surface area contributed by atoms with Crippen LogP contribution in [0.3, 0.4) is 0 Å². The molecule has 0 aliphatic rings. The molecular formula is C19H13NS. The van der Waals surface area contributed by atoms with Crippen LogP contribution >= 0.6 is 11.3 Å². The number of nitrogens with zero attached hydrogens (tertiary/aromatic N) is 1. The lowest BCUT2D eigenvalue weighted by atomic mass is 10.1. The van der Waals surface area contributed by atoms with Gasteiger partial charge in [0.25, 0.3) is 0 Å². The molecule has 1 heterocycles. The zero-order chi connectivity index (χ0) is 14.1. The van der Waals surface area contributed by atoms with Gasteiger partial charge in [0, 0.05) is 5.39 Å². The largest absolute Gasteiger partial charge is 0.245 e. The predicted octanol–water partition coefficient (Wildman–Crippen LogP) is 5.62. The summed E-state index contributed by atoms with van der Waals surface area (Å²) < 4.78 is 1.27. The van der Waals surface area contributed by atoms with Crippen molar-refractivity contribution in [3.8, 4) is 0 Å². The minimum absolute atomic E-state index is 1.08. The molecule has 0 fully saturated rings. The topological polar surface area (TPSA) is 12.9 Å². The van der Waals surface area contributed by atoms with E-state index in [0.717, 1.165) is 5.52 Å². The molecule has 0 aliphatic carbocycles. The molecule has 1 nitrogen and oxygen atoms in total. The number of fused-ring (bicyclic) bond motifs is 3. The van der Waals surface area contributed by atoms with Crippen molar-refractivity contribution in [2.24, 2.45) is 0 Å². The Morgan fingerprint density at radius 2 is 1.67 bits per heavy atom. The van der Waals surface area contributed by atoms with E-state index in [2.05, 4.69) is 71.7 Å². The molecule has 1 aromatic heterocycles. The lowest BCUT2D eigenvalue weighted by Gasteiger charge is -2.01. The molecule has 100 valence electrons. The number of benzene rings is 3. The second kappa shape index (κ2) is 5.15. The van der Waals surface area contributed by atoms with Crippen LogP contribution in [0.5, 0.6) is 0 Å². The Morgan fingerprint density at radius 3 is 2.57 bits per heavy atom. The Kier molecular flexibility index (Phi) is 3.02. The summed E-state index contributed by atoms with van der Waals surface area (Å²) in [6, 6.07) is 21.2. The Hall–Kier alpha value is -2.45. The van der Waals surface area contributed by atoms with Crippen molar-refractivity contribution in [2.75, 3.05) is 0 Å². The fourth-order valence-electron chi connectivity index (χ4n) is 2.53. The monoisotopic (exact) mass is 287 g/mol. The molecule has 0 radical (unpaired) electrons. The van der Waals surface area contributed by atoms with Gasteiger partial charge in [0.05, 0.1) is 15.7 Å². The van der Waals surface area contributed by atoms with E-state index < -0.39 is 0 Å². The number of hydrogen-bond acceptors (Lipinski definition) is 2. The van der Waals surface area contributed by atoms with Gasteiger partial charge >= 0.3 is 0 Å². The maximum atomic E-state index is 4.37. The molecule has 0 bridgehead atoms. The van der Waals surface area contributed by atoms with Crippen LogP contribution in [0.2, 0.25) is 0 Å². The van der Waals surface area contributed by atoms with Gasteiger partial charge in [-0.3, -0.25) is 0 Å². The number of thiazole rings is 1. The Bertz CT molecular complexity index is 936. The Morgan fingerprint density at radius 1 is 0.810 bits per heavy atom. The Labute approximate surface area is 127 Å². The summed E-state index contributed by atoms with van der Waals surface area (Å²) in [7, 11) is 0. The average molecular weight is 287 g/mol. The first-order chi connectivity index (χ1) is 10.4. The maximum Gasteiger partial charge on any atom is 0.0818 e. The molecule has 0 atom stereocenters. The highest BCUT2D eigenvalue weighted by molar-refractivity contribution is 7.17. The highest BCUT2D eigenvalue weighted by Gasteiger charge is 2.02. The van der Waals surface area contributed by atoms with E-state index in [0.29, 0.717) is 0 Å². The summed E-state index contributed by atoms with van der Waals surface area (Å²) in [5.41, 5.74) is 5.43. The van der Waals surface area contributed by atoms with E-state index in [9.17, 15) is 0 Å². The third kappa shape index (κ3) is 2.34. The van der Waals surface area contributed by atoms with E-state index in [1.165, 1.54) is 26.6 Å². The van der Waals surface area contributed by atoms with E-state index in [1.54, 1.807) is 11.3 Å². The molecule has 0 amide bonds. The van der Waals surface area contributed by atoms with Crippen molar-refractivity contribution in [2.45, 2.75) is 0 Å². The van der Waals surface area contributed by atoms with Gasteiger partial charge in [-0.2, -0.15) is 0 Å². The minimum Gasteiger partial charge on any atom is -0.245 e. The molecule has 0 saturated heterocycles. The standard InChI is InChI=1S/C19H13NS/c1-2-4-14(5-3-1)6-7-15-8-10-17-16(12-15)9-11-18-19(17)21-13-20-18/h1-13H. The molecular weight excluding hydrogens is 274 g/mol. The summed E-state index contributed by atoms with van der Waals surface area (Å²) in [4.78, 5) is 4.37. The van der Waals surface area contributed by atoms with Gasteiger partial charge in [-0.25, -0.2) is 4.98 Å². The number of aromatic nitrogens is 1. The molecule has 2 heteroatoms. The van der Waals surface area contributed by atoms with Gasteiger partial charge in [0.15, 0.2) is 0 Å². The van der Waals surface area contributed by atoms with Gasteiger partial charge in [-0.05, 0) is 28.6 Å². The molecule has 0 unspecified atom stereocenters. The predicted molar refractivity (Wildman–Crippen MR) is 92.5 cm³/mol. The third-order valence-electron chi connectivity index (χ3n) is 3.60. The average Bonchev–Trinajstić information content (AvgIpc) is 3.02. The SMILES string of the molecule is C(=Cc1ccc2c(ccc3ncsc32)c1)c1ccccc1. The fourth-order valence-corrected chi connectivity index (χ4v) is 3.36. The molecule has 4 aromatic rings. The van der Waals surface area contributed by atoms with Crippen molar-refractivity contribution in [3.05, 3.63) is 77.3 Å². The first-order valence-electron chi connectivity index (χ1n) is 6.89. The Balaban J connectivity index is 1.77. The van der Waals surface area contributed by atoms with E-state index in [-0.39, 0.29) is 0 Å². The van der Waals surface area contributed by atoms with Gasteiger partial charge in [0.1, 0.15) is 0 Å². The van der Waals surface area contributed by atoms with Crippen molar-refractivity contribution in [1.29, 1.82) is 0 Å². The van der Waals surface area contributed by atoms with Crippen LogP contribution in [0.1, 0.15) is 11.1 Å². The maximum absolute atomic E-state index is 4.37. The molecule has 0 spiro atoms. The van der Waals surface area contributed by atoms with Gasteiger partial charge in [-0.15, -0.1) is 11.3 Å². The first kappa shape index (κ1) is 12.3. The minimum atomic E-state index is 1.08. The summed E-state index contributed by atoms with van der Waals surface area (Å²) in [5, 5.41) is 2.55. The van der Waals surface area contributed by atoms with Crippen LogP contribution in [-0.4, -0.2) is 4.98 Å². The van der Waals surface area contributed by atoms with Gasteiger partial charge < -0.3 is 0 Å². The van der Waals surface area contributed by atoms with Gasteiger partial charge in [0.2, 0.25) is 0 Å². The summed E-state index contributed by atoms with van der Waals surface area (Å²) in [6.07, 6.45) is 4.30. The van der Waals surface area contributed by atoms with E-state index in [4.69, 9.17) is 0 Å². The molecule has 0 saturated carbocycles. The fraction of sp³-hybridized carbons (Fsp3) is 0. The number of hydrogen-bond donors (Lipinski definition) is 0. The summed E-state index contributed by atoms with van der Waals surface area (Å²) in [6.45, 7) is 0. The second-order valence-electron chi connectivity index (χ2n) is 4.99. The summed E-state index contributed by atoms with van der Waals surface area (Å²) >= 11 is 1.70. The molecule has 4 rings (SSSR count). The summed E-state index contributed by atoms with van der Waals surface area (Å²) in [5.74, 6) is 0. The van der Waals surface area contributed by atoms with Crippen molar-refractivity contribution in [1.82, 2.24) is 4.98 Å². The van der Waals surface area contributed by atoms with Crippen LogP contribution in [0.15, 0.2) is 66.2 Å². The van der Waals surface area contributed by atoms with Crippen LogP contribution < -0.4 is 0 Å². The smallest absolute Gasteiger partial charge is 0.0818 e. The number of rotatable bonds is 2. The highest BCUT2D eigenvalue weighted by atomic mass is 32.1. The molecule has 3 aromatic carbocycles. The normalized spacial score (nSPS) is 11.6. The van der Waals surface area contributed by atoms with E-state index in [1.807, 2.05) is 11.6 Å². The second-order valence-corrected chi connectivity index (χ2v) is 5.85. The highest BCUT2D eigenvalue weighted by Crippen LogP contribution is 2.28. The van der Waals surface area contributed by atoms with Crippen molar-refractivity contribution < 1.29 is 0 Å². The lowest BCUT2D eigenvalue weighted by Crippen LogP contribution is -1.77. The van der Waals surface area contributed by atoms with Crippen LogP contribution in [0.4, 0.5) is 0 Å².